The van der Waals surface area contributed by atoms with E-state index < -0.39 is 6.04 Å². The molecule has 116 valence electrons. The van der Waals surface area contributed by atoms with Crippen LogP contribution in [0.1, 0.15) is 27.8 Å². The predicted molar refractivity (Wildman–Crippen MR) is 86.4 cm³/mol. The monoisotopic (exact) mass is 326 g/mol. The maximum Gasteiger partial charge on any atom is 0.273 e. The zero-order chi connectivity index (χ0) is 16.1. The molecule has 0 saturated heterocycles. The van der Waals surface area contributed by atoms with Crippen molar-refractivity contribution >= 4 is 17.6 Å². The summed E-state index contributed by atoms with van der Waals surface area (Å²) in [6.45, 7) is 0. The maximum atomic E-state index is 12.4. The molecule has 6 nitrogen and oxygen atoms in total. The summed E-state index contributed by atoms with van der Waals surface area (Å²) in [5, 5.41) is 2.95. The smallest absolute Gasteiger partial charge is 0.273 e. The van der Waals surface area contributed by atoms with Crippen LogP contribution in [0, 0.1) is 0 Å². The first-order valence-electron chi connectivity index (χ1n) is 6.92. The molecule has 0 bridgehead atoms. The molecule has 2 heterocycles. The Kier molecular flexibility index (Phi) is 4.58. The number of carbonyl (C=O) groups excluding carboxylic acids is 1. The fourth-order valence-electron chi connectivity index (χ4n) is 2.23. The Hall–Kier alpha value is -2.80. The summed E-state index contributed by atoms with van der Waals surface area (Å²) < 4.78 is 13.2. The minimum atomic E-state index is -0.443. The first-order valence-corrected chi connectivity index (χ1v) is 7.65. The van der Waals surface area contributed by atoms with Gasteiger partial charge < -0.3 is 10.1 Å². The van der Waals surface area contributed by atoms with E-state index in [1.54, 1.807) is 13.3 Å². The van der Waals surface area contributed by atoms with Crippen LogP contribution < -0.4 is 10.1 Å². The average molecular weight is 326 g/mol. The summed E-state index contributed by atoms with van der Waals surface area (Å²) in [6.07, 6.45) is 3.13. The Balaban J connectivity index is 1.99. The highest BCUT2D eigenvalue weighted by molar-refractivity contribution is 6.99. The largest absolute Gasteiger partial charge is 0.496 e. The van der Waals surface area contributed by atoms with Crippen molar-refractivity contribution in [3.63, 3.8) is 0 Å². The van der Waals surface area contributed by atoms with Gasteiger partial charge in [-0.3, -0.25) is 9.78 Å². The number of para-hydroxylation sites is 1. The molecule has 0 radical (unpaired) electrons. The second-order valence-corrected chi connectivity index (χ2v) is 5.25. The lowest BCUT2D eigenvalue weighted by molar-refractivity contribution is 0.0938. The van der Waals surface area contributed by atoms with E-state index in [2.05, 4.69) is 19.0 Å². The van der Waals surface area contributed by atoms with Crippen molar-refractivity contribution in [1.29, 1.82) is 0 Å². The number of carbonyl (C=O) groups is 1. The van der Waals surface area contributed by atoms with E-state index in [9.17, 15) is 4.79 Å². The minimum Gasteiger partial charge on any atom is -0.496 e. The van der Waals surface area contributed by atoms with E-state index in [1.165, 1.54) is 6.20 Å². The van der Waals surface area contributed by atoms with Crippen molar-refractivity contribution in [1.82, 2.24) is 19.0 Å². The highest BCUT2D eigenvalue weighted by Gasteiger charge is 2.22. The molecule has 23 heavy (non-hydrogen) atoms. The first kappa shape index (κ1) is 15.1. The first-order chi connectivity index (χ1) is 11.3. The highest BCUT2D eigenvalue weighted by atomic mass is 32.1. The van der Waals surface area contributed by atoms with Crippen LogP contribution in [0.15, 0.2) is 54.9 Å². The number of hydrogen-bond donors (Lipinski definition) is 1. The van der Waals surface area contributed by atoms with Crippen LogP contribution >= 0.6 is 11.7 Å². The molecular weight excluding hydrogens is 312 g/mol. The van der Waals surface area contributed by atoms with Crippen molar-refractivity contribution in [2.75, 3.05) is 7.11 Å². The average Bonchev–Trinajstić information content (AvgIpc) is 3.15. The van der Waals surface area contributed by atoms with Crippen molar-refractivity contribution in [2.45, 2.75) is 6.04 Å². The van der Waals surface area contributed by atoms with Gasteiger partial charge in [0.15, 0.2) is 5.69 Å². The number of ether oxygens (including phenoxy) is 1. The lowest BCUT2D eigenvalue weighted by Gasteiger charge is -2.20. The number of benzene rings is 1. The Bertz CT molecular complexity index is 778. The van der Waals surface area contributed by atoms with Gasteiger partial charge in [0, 0.05) is 11.8 Å². The zero-order valence-corrected chi connectivity index (χ0v) is 13.2. The van der Waals surface area contributed by atoms with Gasteiger partial charge >= 0.3 is 0 Å². The van der Waals surface area contributed by atoms with Gasteiger partial charge in [-0.1, -0.05) is 24.3 Å². The van der Waals surface area contributed by atoms with Crippen molar-refractivity contribution in [3.8, 4) is 5.75 Å². The molecule has 3 rings (SSSR count). The van der Waals surface area contributed by atoms with E-state index >= 15 is 0 Å². The molecule has 3 aromatic rings. The van der Waals surface area contributed by atoms with Crippen LogP contribution in [0.25, 0.3) is 0 Å². The van der Waals surface area contributed by atoms with E-state index in [4.69, 9.17) is 4.74 Å². The van der Waals surface area contributed by atoms with Gasteiger partial charge in [-0.2, -0.15) is 8.75 Å². The molecular formula is C16H14N4O2S. The molecule has 0 aliphatic heterocycles. The second kappa shape index (κ2) is 6.97. The number of nitrogens with zero attached hydrogens (tertiary/aromatic N) is 3. The number of amides is 1. The highest BCUT2D eigenvalue weighted by Crippen LogP contribution is 2.29. The van der Waals surface area contributed by atoms with E-state index in [0.717, 1.165) is 17.3 Å². The Morgan fingerprint density at radius 1 is 1.22 bits per heavy atom. The van der Waals surface area contributed by atoms with Gasteiger partial charge in [-0.05, 0) is 18.2 Å². The number of hydrogen-bond acceptors (Lipinski definition) is 6. The lowest BCUT2D eigenvalue weighted by Crippen LogP contribution is -2.30. The van der Waals surface area contributed by atoms with Crippen LogP contribution in [0.3, 0.4) is 0 Å². The van der Waals surface area contributed by atoms with Gasteiger partial charge in [-0.25, -0.2) is 0 Å². The molecule has 0 spiro atoms. The zero-order valence-electron chi connectivity index (χ0n) is 12.3. The standard InChI is InChI=1S/C16H14N4O2S/c1-22-14-8-3-2-6-11(14)15(12-7-4-5-9-17-12)19-16(21)13-10-18-23-20-13/h2-10,15H,1H3,(H,19,21)/t15-/m1/s1. The molecule has 1 aromatic carbocycles. The Labute approximate surface area is 137 Å². The number of pyridine rings is 1. The maximum absolute atomic E-state index is 12.4. The molecule has 1 N–H and O–H groups in total. The molecule has 0 fully saturated rings. The van der Waals surface area contributed by atoms with Crippen molar-refractivity contribution in [2.24, 2.45) is 0 Å². The molecule has 1 atom stereocenters. The number of aromatic nitrogens is 3. The normalized spacial score (nSPS) is 11.7. The van der Waals surface area contributed by atoms with Crippen LogP contribution in [-0.2, 0) is 0 Å². The molecule has 0 aliphatic rings. The summed E-state index contributed by atoms with van der Waals surface area (Å²) in [5.41, 5.74) is 1.82. The summed E-state index contributed by atoms with van der Waals surface area (Å²) in [7, 11) is 1.60. The molecule has 0 saturated carbocycles. The third kappa shape index (κ3) is 3.35. The molecule has 0 unspecified atom stereocenters. The van der Waals surface area contributed by atoms with Gasteiger partial charge in [0.1, 0.15) is 11.8 Å². The minimum absolute atomic E-state index is 0.283. The lowest BCUT2D eigenvalue weighted by atomic mass is 10.0. The van der Waals surface area contributed by atoms with Crippen LogP contribution in [0.2, 0.25) is 0 Å². The van der Waals surface area contributed by atoms with E-state index in [0.29, 0.717) is 11.4 Å². The predicted octanol–water partition coefficient (Wildman–Crippen LogP) is 2.46. The Morgan fingerprint density at radius 2 is 2.04 bits per heavy atom. The van der Waals surface area contributed by atoms with E-state index in [1.807, 2.05) is 42.5 Å². The van der Waals surface area contributed by atoms with Crippen LogP contribution in [-0.4, -0.2) is 26.7 Å². The van der Waals surface area contributed by atoms with Crippen molar-refractivity contribution < 1.29 is 9.53 Å². The van der Waals surface area contributed by atoms with E-state index in [-0.39, 0.29) is 11.6 Å². The fraction of sp³-hybridized carbons (Fsp3) is 0.125. The summed E-state index contributed by atoms with van der Waals surface area (Å²) in [6, 6.07) is 12.6. The third-order valence-corrected chi connectivity index (χ3v) is 3.78. The van der Waals surface area contributed by atoms with Gasteiger partial charge in [0.05, 0.1) is 30.7 Å². The quantitative estimate of drug-likeness (QED) is 0.779. The fourth-order valence-corrected chi connectivity index (χ4v) is 2.64. The summed E-state index contributed by atoms with van der Waals surface area (Å²) in [4.78, 5) is 16.7. The number of rotatable bonds is 5. The Morgan fingerprint density at radius 3 is 2.74 bits per heavy atom. The van der Waals surface area contributed by atoms with Gasteiger partial charge in [0.2, 0.25) is 0 Å². The number of nitrogens with one attached hydrogen (secondary N) is 1. The van der Waals surface area contributed by atoms with Crippen molar-refractivity contribution in [3.05, 3.63) is 71.8 Å². The molecule has 7 heteroatoms. The number of methoxy groups -OCH3 is 1. The second-order valence-electron chi connectivity index (χ2n) is 4.70. The van der Waals surface area contributed by atoms with Crippen LogP contribution in [0.5, 0.6) is 5.75 Å². The summed E-state index contributed by atoms with van der Waals surface area (Å²) in [5.74, 6) is 0.375. The summed E-state index contributed by atoms with van der Waals surface area (Å²) >= 11 is 0.993. The van der Waals surface area contributed by atoms with Crippen LogP contribution in [0.4, 0.5) is 0 Å². The van der Waals surface area contributed by atoms with Gasteiger partial charge in [-0.15, -0.1) is 0 Å². The topological polar surface area (TPSA) is 77.0 Å². The molecule has 1 amide bonds. The van der Waals surface area contributed by atoms with Gasteiger partial charge in [0.25, 0.3) is 5.91 Å². The molecule has 0 aliphatic carbocycles. The SMILES string of the molecule is COc1ccccc1[C@@H](NC(=O)c1cnsn1)c1ccccn1. The molecule has 2 aromatic heterocycles. The third-order valence-electron chi connectivity index (χ3n) is 3.30.